The van der Waals surface area contributed by atoms with E-state index < -0.39 is 17.1 Å². The maximum Gasteiger partial charge on any atom is 0.407 e. The third-order valence-corrected chi connectivity index (χ3v) is 4.59. The SMILES string of the molecule is COc1cccc(C2(C(=O)NCCNC(=O)OC(C)(C)C)CCCC2)c1. The number of carbonyl (C=O) groups is 2. The fraction of sp³-hybridized carbons (Fsp3) is 0.600. The molecule has 0 saturated heterocycles. The molecule has 0 unspecified atom stereocenters. The lowest BCUT2D eigenvalue weighted by Crippen LogP contribution is -2.45. The monoisotopic (exact) mass is 362 g/mol. The predicted molar refractivity (Wildman–Crippen MR) is 100 cm³/mol. The smallest absolute Gasteiger partial charge is 0.407 e. The van der Waals surface area contributed by atoms with Crippen LogP contribution in [0, 0.1) is 0 Å². The second kappa shape index (κ2) is 8.43. The molecule has 1 aromatic rings. The van der Waals surface area contributed by atoms with Crippen molar-refractivity contribution in [1.82, 2.24) is 10.6 Å². The van der Waals surface area contributed by atoms with Gasteiger partial charge in [0.25, 0.3) is 0 Å². The first kappa shape index (κ1) is 20.1. The van der Waals surface area contributed by atoms with E-state index in [-0.39, 0.29) is 5.91 Å². The Bertz CT molecular complexity index is 631. The summed E-state index contributed by atoms with van der Waals surface area (Å²) in [5.41, 5.74) is -0.0550. The zero-order valence-electron chi connectivity index (χ0n) is 16.2. The molecule has 144 valence electrons. The van der Waals surface area contributed by atoms with Crippen LogP contribution in [0.4, 0.5) is 4.79 Å². The summed E-state index contributed by atoms with van der Waals surface area (Å²) in [5.74, 6) is 0.766. The van der Waals surface area contributed by atoms with Crippen LogP contribution in [0.15, 0.2) is 24.3 Å². The van der Waals surface area contributed by atoms with E-state index in [1.54, 1.807) is 7.11 Å². The molecule has 0 radical (unpaired) electrons. The number of hydrogen-bond donors (Lipinski definition) is 2. The molecule has 1 aliphatic rings. The maximum absolute atomic E-state index is 12.9. The van der Waals surface area contributed by atoms with E-state index in [1.807, 2.05) is 45.0 Å². The third-order valence-electron chi connectivity index (χ3n) is 4.59. The van der Waals surface area contributed by atoms with Gasteiger partial charge in [0.15, 0.2) is 0 Å². The number of alkyl carbamates (subject to hydrolysis) is 1. The Hall–Kier alpha value is -2.24. The van der Waals surface area contributed by atoms with Gasteiger partial charge in [-0.15, -0.1) is 0 Å². The van der Waals surface area contributed by atoms with Crippen molar-refractivity contribution in [2.24, 2.45) is 0 Å². The van der Waals surface area contributed by atoms with Crippen molar-refractivity contribution in [3.8, 4) is 5.75 Å². The minimum absolute atomic E-state index is 0.00856. The molecule has 2 N–H and O–H groups in total. The number of ether oxygens (including phenoxy) is 2. The van der Waals surface area contributed by atoms with Crippen molar-refractivity contribution in [2.45, 2.75) is 57.5 Å². The molecule has 26 heavy (non-hydrogen) atoms. The summed E-state index contributed by atoms with van der Waals surface area (Å²) in [6, 6.07) is 7.75. The molecule has 0 atom stereocenters. The van der Waals surface area contributed by atoms with Gasteiger partial charge in [0.05, 0.1) is 12.5 Å². The van der Waals surface area contributed by atoms with E-state index in [1.165, 1.54) is 0 Å². The maximum atomic E-state index is 12.9. The largest absolute Gasteiger partial charge is 0.497 e. The molecule has 2 amide bonds. The molecule has 2 rings (SSSR count). The number of benzene rings is 1. The van der Waals surface area contributed by atoms with Gasteiger partial charge in [-0.3, -0.25) is 4.79 Å². The highest BCUT2D eigenvalue weighted by molar-refractivity contribution is 5.88. The predicted octanol–water partition coefficient (Wildman–Crippen LogP) is 3.15. The quantitative estimate of drug-likeness (QED) is 0.762. The molecule has 1 aliphatic carbocycles. The molecule has 1 saturated carbocycles. The number of amides is 2. The number of methoxy groups -OCH3 is 1. The Kier molecular flexibility index (Phi) is 6.51. The number of nitrogens with one attached hydrogen (secondary N) is 2. The van der Waals surface area contributed by atoms with Gasteiger partial charge in [0.2, 0.25) is 5.91 Å². The lowest BCUT2D eigenvalue weighted by Gasteiger charge is -2.28. The van der Waals surface area contributed by atoms with Crippen molar-refractivity contribution in [3.63, 3.8) is 0 Å². The molecule has 0 spiro atoms. The summed E-state index contributed by atoms with van der Waals surface area (Å²) >= 11 is 0. The highest BCUT2D eigenvalue weighted by atomic mass is 16.6. The van der Waals surface area contributed by atoms with E-state index in [9.17, 15) is 9.59 Å². The molecular formula is C20H30N2O4. The molecule has 1 fully saturated rings. The van der Waals surface area contributed by atoms with Crippen LogP contribution >= 0.6 is 0 Å². The van der Waals surface area contributed by atoms with Gasteiger partial charge in [-0.2, -0.15) is 0 Å². The first-order valence-electron chi connectivity index (χ1n) is 9.16. The lowest BCUT2D eigenvalue weighted by atomic mass is 9.78. The van der Waals surface area contributed by atoms with Crippen LogP contribution in [0.5, 0.6) is 5.75 Å². The second-order valence-corrected chi connectivity index (χ2v) is 7.71. The van der Waals surface area contributed by atoms with Gasteiger partial charge in [-0.1, -0.05) is 25.0 Å². The van der Waals surface area contributed by atoms with Crippen LogP contribution in [0.2, 0.25) is 0 Å². The molecule has 0 aliphatic heterocycles. The topological polar surface area (TPSA) is 76.7 Å². The van der Waals surface area contributed by atoms with E-state index in [0.29, 0.717) is 13.1 Å². The molecule has 0 aromatic heterocycles. The van der Waals surface area contributed by atoms with Crippen LogP contribution in [-0.4, -0.2) is 37.8 Å². The van der Waals surface area contributed by atoms with Gasteiger partial charge >= 0.3 is 6.09 Å². The minimum atomic E-state index is -0.534. The summed E-state index contributed by atoms with van der Waals surface area (Å²) in [5, 5.41) is 5.63. The summed E-state index contributed by atoms with van der Waals surface area (Å²) < 4.78 is 10.5. The fourth-order valence-electron chi connectivity index (χ4n) is 3.37. The molecule has 0 heterocycles. The van der Waals surface area contributed by atoms with Crippen LogP contribution in [-0.2, 0) is 14.9 Å². The Balaban J connectivity index is 1.94. The van der Waals surface area contributed by atoms with Crippen molar-refractivity contribution in [1.29, 1.82) is 0 Å². The number of carbonyl (C=O) groups excluding carboxylic acids is 2. The van der Waals surface area contributed by atoms with Crippen molar-refractivity contribution >= 4 is 12.0 Å². The lowest BCUT2D eigenvalue weighted by molar-refractivity contribution is -0.126. The first-order chi connectivity index (χ1) is 12.3. The van der Waals surface area contributed by atoms with Gasteiger partial charge in [-0.05, 0) is 51.3 Å². The average Bonchev–Trinajstić information content (AvgIpc) is 3.08. The van der Waals surface area contributed by atoms with Gasteiger partial charge in [0.1, 0.15) is 11.4 Å². The molecule has 0 bridgehead atoms. The second-order valence-electron chi connectivity index (χ2n) is 7.71. The Morgan fingerprint density at radius 3 is 2.38 bits per heavy atom. The Morgan fingerprint density at radius 2 is 1.77 bits per heavy atom. The molecule has 1 aromatic carbocycles. The van der Waals surface area contributed by atoms with Crippen LogP contribution in [0.25, 0.3) is 0 Å². The highest BCUT2D eigenvalue weighted by Crippen LogP contribution is 2.42. The van der Waals surface area contributed by atoms with Crippen LogP contribution in [0.3, 0.4) is 0 Å². The molecule has 6 heteroatoms. The normalized spacial score (nSPS) is 16.0. The third kappa shape index (κ3) is 5.13. The first-order valence-corrected chi connectivity index (χ1v) is 9.16. The van der Waals surface area contributed by atoms with Crippen LogP contribution < -0.4 is 15.4 Å². The molecular weight excluding hydrogens is 332 g/mol. The van der Waals surface area contributed by atoms with Crippen molar-refractivity contribution < 1.29 is 19.1 Å². The Morgan fingerprint density at radius 1 is 1.12 bits per heavy atom. The zero-order chi connectivity index (χ0) is 19.2. The summed E-state index contributed by atoms with van der Waals surface area (Å²) in [6.07, 6.45) is 3.23. The Labute approximate surface area is 155 Å². The molecule has 6 nitrogen and oxygen atoms in total. The minimum Gasteiger partial charge on any atom is -0.497 e. The summed E-state index contributed by atoms with van der Waals surface area (Å²) in [4.78, 5) is 24.6. The summed E-state index contributed by atoms with van der Waals surface area (Å²) in [7, 11) is 1.63. The van der Waals surface area contributed by atoms with E-state index >= 15 is 0 Å². The van der Waals surface area contributed by atoms with E-state index in [4.69, 9.17) is 9.47 Å². The van der Waals surface area contributed by atoms with E-state index in [2.05, 4.69) is 10.6 Å². The zero-order valence-corrected chi connectivity index (χ0v) is 16.2. The van der Waals surface area contributed by atoms with Crippen LogP contribution in [0.1, 0.15) is 52.0 Å². The fourth-order valence-corrected chi connectivity index (χ4v) is 3.37. The number of hydrogen-bond acceptors (Lipinski definition) is 4. The standard InChI is InChI=1S/C20H30N2O4/c1-19(2,3)26-18(24)22-13-12-21-17(23)20(10-5-6-11-20)15-8-7-9-16(14-15)25-4/h7-9,14H,5-6,10-13H2,1-4H3,(H,21,23)(H,22,24). The average molecular weight is 362 g/mol. The summed E-state index contributed by atoms with van der Waals surface area (Å²) in [6.45, 7) is 6.13. The van der Waals surface area contributed by atoms with Gasteiger partial charge in [0, 0.05) is 13.1 Å². The number of rotatable bonds is 6. The van der Waals surface area contributed by atoms with Gasteiger partial charge in [-0.25, -0.2) is 4.79 Å². The van der Waals surface area contributed by atoms with E-state index in [0.717, 1.165) is 37.0 Å². The highest BCUT2D eigenvalue weighted by Gasteiger charge is 2.42. The van der Waals surface area contributed by atoms with Gasteiger partial charge < -0.3 is 20.1 Å². The van der Waals surface area contributed by atoms with Crippen molar-refractivity contribution in [3.05, 3.63) is 29.8 Å². The van der Waals surface area contributed by atoms with Crippen molar-refractivity contribution in [2.75, 3.05) is 20.2 Å².